The number of hydrogen-bond donors (Lipinski definition) is 12. The number of benzene rings is 5. The first-order valence-corrected chi connectivity index (χ1v) is 30.5. The number of primary amides is 2. The molecule has 2 amide bonds. The maximum absolute atomic E-state index is 12.3. The molecule has 2 saturated carbocycles. The summed E-state index contributed by atoms with van der Waals surface area (Å²) in [7, 11) is -3.71. The first-order valence-electron chi connectivity index (χ1n) is 28.9. The van der Waals surface area contributed by atoms with Gasteiger partial charge < -0.3 is 37.6 Å². The van der Waals surface area contributed by atoms with Gasteiger partial charge in [0.25, 0.3) is 22.2 Å². The highest BCUT2D eigenvalue weighted by molar-refractivity contribution is 7.90. The molecule has 15 rings (SSSR count). The summed E-state index contributed by atoms with van der Waals surface area (Å²) in [6.07, 6.45) is 2.19. The molecule has 24 nitrogen and oxygen atoms in total. The molecule has 0 bridgehead atoms. The highest BCUT2D eigenvalue weighted by Gasteiger charge is 2.61. The van der Waals surface area contributed by atoms with E-state index in [9.17, 15) is 37.2 Å². The van der Waals surface area contributed by atoms with Gasteiger partial charge in [-0.15, -0.1) is 0 Å². The number of aromatic nitrogens is 12. The Morgan fingerprint density at radius 1 is 0.495 bits per heavy atom. The van der Waals surface area contributed by atoms with Crippen LogP contribution in [0.4, 0.5) is 5.69 Å². The highest BCUT2D eigenvalue weighted by atomic mass is 32.2. The zero-order chi connectivity index (χ0) is 63.7. The van der Waals surface area contributed by atoms with Gasteiger partial charge in [0, 0.05) is 63.5 Å². The summed E-state index contributed by atoms with van der Waals surface area (Å²) >= 11 is 0. The van der Waals surface area contributed by atoms with Crippen molar-refractivity contribution in [1.82, 2.24) is 60.7 Å². The standard InChI is InChI=1S/C19H16N4O.C16H16N4O3S.C16H14N4O2.C15H14N4O2/c20-14-8-5-12(6-9-14)11-17-18(19(24)23-22-17)16-10-7-13-3-1-2-4-15(13)21-16;1-16(24(17,22)23)8-10(16)14-13(15(21)20-19-14)12-7-6-9-4-2-3-5-11(9)18-12;17-15(21)10-7-9(10)14-13(16(22)20-19-14)12-6-5-8-3-1-2-4-11(8)18-12;16-13(20)8-7-12-14(15(21)19-18-12)11-6-5-9-3-1-2-4-10(9)17-11/h1-10H,11,20H2,(H2,22,23,24);2-7,10H,8H2,1H3,(H2,17,22,23)(H2,19,20,21);1-6,9-10H,7H2,(H2,17,21)(H2,19,20,22);1-6H,7-8H2,(H2,16,20)(H2,18,19,21). The Balaban J connectivity index is 0.000000117. The minimum atomic E-state index is -3.71. The molecule has 0 radical (unpaired) electrons. The molecule has 2 aliphatic carbocycles. The number of nitrogens with two attached hydrogens (primary N) is 4. The lowest BCUT2D eigenvalue weighted by Crippen LogP contribution is -2.29. The van der Waals surface area contributed by atoms with Crippen molar-refractivity contribution in [2.45, 2.75) is 55.6 Å². The summed E-state index contributed by atoms with van der Waals surface area (Å²) in [5, 5.41) is 31.2. The lowest BCUT2D eigenvalue weighted by Gasteiger charge is -2.08. The third-order valence-electron chi connectivity index (χ3n) is 16.4. The smallest absolute Gasteiger partial charge is 0.273 e. The van der Waals surface area contributed by atoms with E-state index in [4.69, 9.17) is 22.3 Å². The lowest BCUT2D eigenvalue weighted by molar-refractivity contribution is -0.119. The van der Waals surface area contributed by atoms with E-state index in [0.717, 1.165) is 66.3 Å². The highest BCUT2D eigenvalue weighted by Crippen LogP contribution is 2.56. The zero-order valence-corrected chi connectivity index (χ0v) is 49.5. The molecule has 4 atom stereocenters. The van der Waals surface area contributed by atoms with Crippen molar-refractivity contribution in [3.63, 3.8) is 0 Å². The monoisotopic (exact) mass is 1240 g/mol. The number of aryl methyl sites for hydroxylation is 1. The number of pyridine rings is 4. The third kappa shape index (κ3) is 12.5. The Bertz CT molecular complexity index is 5290. The summed E-state index contributed by atoms with van der Waals surface area (Å²) in [4.78, 5) is 89.1. The number of nitrogens with zero attached hydrogens (tertiary/aromatic N) is 4. The Morgan fingerprint density at radius 2 is 0.879 bits per heavy atom. The molecule has 16 N–H and O–H groups in total. The number of carbonyl (C=O) groups excluding carboxylic acids is 2. The largest absolute Gasteiger partial charge is 0.399 e. The van der Waals surface area contributed by atoms with Gasteiger partial charge in [-0.2, -0.15) is 0 Å². The van der Waals surface area contributed by atoms with Gasteiger partial charge >= 0.3 is 0 Å². The minimum absolute atomic E-state index is 0.0280. The van der Waals surface area contributed by atoms with E-state index in [1.165, 1.54) is 0 Å². The van der Waals surface area contributed by atoms with Gasteiger partial charge in [-0.1, -0.05) is 109 Å². The van der Waals surface area contributed by atoms with Crippen molar-refractivity contribution in [3.8, 4) is 45.0 Å². The summed E-state index contributed by atoms with van der Waals surface area (Å²) in [6, 6.07) is 53.5. The van der Waals surface area contributed by atoms with E-state index >= 15 is 0 Å². The molecular weight excluding hydrogens is 1180 g/mol. The van der Waals surface area contributed by atoms with E-state index in [1.54, 1.807) is 19.1 Å². The van der Waals surface area contributed by atoms with Gasteiger partial charge in [0.2, 0.25) is 21.8 Å². The van der Waals surface area contributed by atoms with Crippen LogP contribution in [-0.2, 0) is 32.5 Å². The van der Waals surface area contributed by atoms with E-state index in [0.29, 0.717) is 82.1 Å². The van der Waals surface area contributed by atoms with Crippen LogP contribution in [0.2, 0.25) is 0 Å². The molecule has 8 heterocycles. The van der Waals surface area contributed by atoms with Crippen LogP contribution in [0.3, 0.4) is 0 Å². The number of para-hydroxylation sites is 4. The molecule has 0 aliphatic heterocycles. The number of nitrogen functional groups attached to an aromatic ring is 1. The average molecular weight is 1240 g/mol. The summed E-state index contributed by atoms with van der Waals surface area (Å²) < 4.78 is 22.5. The van der Waals surface area contributed by atoms with Crippen molar-refractivity contribution in [2.75, 3.05) is 5.73 Å². The maximum atomic E-state index is 12.3. The number of primary sulfonamides is 1. The van der Waals surface area contributed by atoms with Crippen LogP contribution in [0, 0.1) is 5.92 Å². The number of carbonyl (C=O) groups is 2. The van der Waals surface area contributed by atoms with Crippen molar-refractivity contribution < 1.29 is 18.0 Å². The first-order chi connectivity index (χ1) is 43.8. The fourth-order valence-corrected chi connectivity index (χ4v) is 12.2. The summed E-state index contributed by atoms with van der Waals surface area (Å²) in [5.74, 6) is -1.32. The van der Waals surface area contributed by atoms with Gasteiger partial charge in [-0.25, -0.2) is 33.5 Å². The predicted molar refractivity (Wildman–Crippen MR) is 349 cm³/mol. The van der Waals surface area contributed by atoms with Gasteiger partial charge in [0.05, 0.1) is 88.9 Å². The number of rotatable bonds is 13. The van der Waals surface area contributed by atoms with E-state index in [2.05, 4.69) is 60.7 Å². The fourth-order valence-electron chi connectivity index (χ4n) is 11.2. The molecular formula is C66H60N16O8S. The van der Waals surface area contributed by atoms with E-state index < -0.39 is 20.7 Å². The Kier molecular flexibility index (Phi) is 16.1. The molecule has 458 valence electrons. The Labute approximate surface area is 516 Å². The fraction of sp³-hybridized carbons (Fsp3) is 0.152. The summed E-state index contributed by atoms with van der Waals surface area (Å²) in [6.45, 7) is 1.59. The van der Waals surface area contributed by atoms with Gasteiger partial charge in [0.1, 0.15) is 0 Å². The van der Waals surface area contributed by atoms with Crippen LogP contribution >= 0.6 is 0 Å². The number of hydrogen-bond acceptors (Lipinski definition) is 13. The first kappa shape index (κ1) is 59.7. The minimum Gasteiger partial charge on any atom is -0.399 e. The van der Waals surface area contributed by atoms with Crippen molar-refractivity contribution >= 4 is 71.1 Å². The second kappa shape index (κ2) is 24.5. The quantitative estimate of drug-likeness (QED) is 0.0502. The Hall–Kier alpha value is -11.6. The second-order valence-corrected chi connectivity index (χ2v) is 24.5. The van der Waals surface area contributed by atoms with Crippen LogP contribution in [0.15, 0.2) is 189 Å². The number of nitrogens with one attached hydrogen (secondary N) is 8. The lowest BCUT2D eigenvalue weighted by atomic mass is 10.0. The normalized spacial score (nSPS) is 16.5. The molecule has 8 aromatic heterocycles. The van der Waals surface area contributed by atoms with Crippen LogP contribution < -0.4 is 44.6 Å². The SMILES string of the molecule is CC1(S(N)(=O)=O)CC1c1[nH][nH]c(=O)c1-c1ccc2ccccc2n1.NC(=O)C1CC1c1[nH][nH]c(=O)c1-c1ccc2ccccc2n1.NC(=O)CCc1[nH][nH]c(=O)c1-c1ccc2ccccc2n1.Nc1ccc(Cc2[nH][nH]c(=O)c2-c2ccc3ccccc3n2)cc1. The number of sulfonamides is 1. The van der Waals surface area contributed by atoms with E-state index in [-0.39, 0.29) is 52.3 Å². The van der Waals surface area contributed by atoms with Crippen molar-refractivity contribution in [2.24, 2.45) is 22.5 Å². The molecule has 91 heavy (non-hydrogen) atoms. The third-order valence-corrected chi connectivity index (χ3v) is 18.2. The number of aromatic amines is 8. The van der Waals surface area contributed by atoms with Gasteiger partial charge in [-0.05, 0) is 92.4 Å². The Morgan fingerprint density at radius 3 is 1.30 bits per heavy atom. The molecule has 25 heteroatoms. The van der Waals surface area contributed by atoms with Crippen LogP contribution in [0.5, 0.6) is 0 Å². The number of fused-ring (bicyclic) bond motifs is 4. The van der Waals surface area contributed by atoms with Gasteiger partial charge in [0.15, 0.2) is 0 Å². The number of amides is 2. The predicted octanol–water partition coefficient (Wildman–Crippen LogP) is 7.39. The maximum Gasteiger partial charge on any atom is 0.273 e. The number of H-pyrrole nitrogens is 8. The van der Waals surface area contributed by atoms with Crippen LogP contribution in [0.1, 0.15) is 66.4 Å². The second-order valence-electron chi connectivity index (χ2n) is 22.5. The molecule has 2 fully saturated rings. The summed E-state index contributed by atoms with van der Waals surface area (Å²) in [5.41, 5.74) is 27.3. The van der Waals surface area contributed by atoms with Crippen molar-refractivity contribution in [1.29, 1.82) is 0 Å². The molecule has 0 saturated heterocycles. The molecule has 5 aromatic carbocycles. The number of anilines is 1. The van der Waals surface area contributed by atoms with E-state index in [1.807, 2.05) is 158 Å². The van der Waals surface area contributed by atoms with Crippen molar-refractivity contribution in [3.05, 3.63) is 240 Å². The van der Waals surface area contributed by atoms with Crippen LogP contribution in [0.25, 0.3) is 88.6 Å². The topological polar surface area (TPSA) is 419 Å². The molecule has 13 aromatic rings. The van der Waals surface area contributed by atoms with Gasteiger partial charge in [-0.3, -0.25) is 49.2 Å². The average Bonchev–Trinajstić information content (AvgIpc) is 1.57. The molecule has 0 spiro atoms. The zero-order valence-electron chi connectivity index (χ0n) is 48.7. The van der Waals surface area contributed by atoms with Crippen LogP contribution in [-0.4, -0.2) is 85.7 Å². The molecule has 2 aliphatic rings. The molecule has 4 unspecified atom stereocenters.